The van der Waals surface area contributed by atoms with E-state index in [2.05, 4.69) is 26.4 Å². The Bertz CT molecular complexity index is 1290. The molecule has 0 aliphatic carbocycles. The summed E-state index contributed by atoms with van der Waals surface area (Å²) >= 11 is 6.04. The standard InChI is InChI=1S/C23H25ClN4O4S/c1-2-9-27-10-12-28(13-11-27)22-15-18(23(29)30)17-14-16(7-8-20(17)25-22)26-33(31,32)21-6-4-3-5-19(21)24/h3-8,14-15,26H,2,9-13H2,1H3,(H,29,30). The number of hydrogen-bond donors (Lipinski definition) is 2. The minimum absolute atomic E-state index is 0.0547. The van der Waals surface area contributed by atoms with E-state index in [-0.39, 0.29) is 21.2 Å². The Morgan fingerprint density at radius 2 is 1.85 bits per heavy atom. The molecular weight excluding hydrogens is 464 g/mol. The molecule has 2 aromatic carbocycles. The Morgan fingerprint density at radius 1 is 1.12 bits per heavy atom. The summed E-state index contributed by atoms with van der Waals surface area (Å²) in [5.41, 5.74) is 0.791. The molecule has 174 valence electrons. The lowest BCUT2D eigenvalue weighted by atomic mass is 10.1. The van der Waals surface area contributed by atoms with Crippen LogP contribution >= 0.6 is 11.6 Å². The van der Waals surface area contributed by atoms with Gasteiger partial charge in [0.1, 0.15) is 10.7 Å². The molecule has 1 aromatic heterocycles. The highest BCUT2D eigenvalue weighted by molar-refractivity contribution is 7.92. The minimum Gasteiger partial charge on any atom is -0.478 e. The molecule has 3 aromatic rings. The molecule has 1 aliphatic heterocycles. The zero-order chi connectivity index (χ0) is 23.6. The van der Waals surface area contributed by atoms with E-state index < -0.39 is 16.0 Å². The van der Waals surface area contributed by atoms with Crippen LogP contribution in [-0.4, -0.2) is 62.1 Å². The molecule has 0 atom stereocenters. The van der Waals surface area contributed by atoms with E-state index in [1.807, 2.05) is 0 Å². The molecule has 0 spiro atoms. The number of rotatable bonds is 7. The van der Waals surface area contributed by atoms with Crippen molar-refractivity contribution in [2.75, 3.05) is 42.3 Å². The molecule has 0 radical (unpaired) electrons. The molecule has 1 fully saturated rings. The number of sulfonamides is 1. The van der Waals surface area contributed by atoms with Gasteiger partial charge in [-0.15, -0.1) is 0 Å². The number of benzene rings is 2. The zero-order valence-corrected chi connectivity index (χ0v) is 19.7. The van der Waals surface area contributed by atoms with Crippen molar-refractivity contribution in [1.82, 2.24) is 9.88 Å². The van der Waals surface area contributed by atoms with Crippen LogP contribution in [0.15, 0.2) is 53.4 Å². The number of hydrogen-bond acceptors (Lipinski definition) is 6. The maximum absolute atomic E-state index is 12.8. The smallest absolute Gasteiger partial charge is 0.336 e. The highest BCUT2D eigenvalue weighted by atomic mass is 35.5. The third-order valence-corrected chi connectivity index (χ3v) is 7.52. The highest BCUT2D eigenvalue weighted by Crippen LogP contribution is 2.29. The van der Waals surface area contributed by atoms with Gasteiger partial charge in [-0.25, -0.2) is 18.2 Å². The monoisotopic (exact) mass is 488 g/mol. The van der Waals surface area contributed by atoms with Crippen LogP contribution in [0.1, 0.15) is 23.7 Å². The summed E-state index contributed by atoms with van der Waals surface area (Å²) in [4.78, 5) is 21.1. The fourth-order valence-corrected chi connectivity index (χ4v) is 5.57. The number of carboxylic acid groups (broad SMARTS) is 1. The van der Waals surface area contributed by atoms with E-state index in [4.69, 9.17) is 11.6 Å². The fourth-order valence-electron chi connectivity index (χ4n) is 4.00. The molecule has 0 unspecified atom stereocenters. The van der Waals surface area contributed by atoms with Gasteiger partial charge in [-0.05, 0) is 49.4 Å². The van der Waals surface area contributed by atoms with Crippen LogP contribution in [0.4, 0.5) is 11.5 Å². The van der Waals surface area contributed by atoms with E-state index in [1.165, 1.54) is 18.2 Å². The van der Waals surface area contributed by atoms with E-state index in [0.29, 0.717) is 16.7 Å². The SMILES string of the molecule is CCCN1CCN(c2cc(C(=O)O)c3cc(NS(=O)(=O)c4ccccc4Cl)ccc3n2)CC1. The van der Waals surface area contributed by atoms with E-state index in [1.54, 1.807) is 30.3 Å². The van der Waals surface area contributed by atoms with Gasteiger partial charge in [-0.1, -0.05) is 30.7 Å². The number of piperazine rings is 1. The molecule has 10 heteroatoms. The Balaban J connectivity index is 1.65. The normalized spacial score (nSPS) is 15.0. The van der Waals surface area contributed by atoms with Crippen molar-refractivity contribution < 1.29 is 18.3 Å². The molecule has 8 nitrogen and oxygen atoms in total. The predicted octanol–water partition coefficient (Wildman–Crippen LogP) is 3.92. The van der Waals surface area contributed by atoms with Gasteiger partial charge >= 0.3 is 5.97 Å². The van der Waals surface area contributed by atoms with Gasteiger partial charge < -0.3 is 10.0 Å². The Kier molecular flexibility index (Phi) is 6.73. The third kappa shape index (κ3) is 5.05. The topological polar surface area (TPSA) is 103 Å². The third-order valence-electron chi connectivity index (χ3n) is 5.64. The average molecular weight is 489 g/mol. The molecule has 4 rings (SSSR count). The number of aromatic nitrogens is 1. The number of nitrogens with zero attached hydrogens (tertiary/aromatic N) is 3. The van der Waals surface area contributed by atoms with Crippen LogP contribution < -0.4 is 9.62 Å². The summed E-state index contributed by atoms with van der Waals surface area (Å²) in [6, 6.07) is 12.4. The summed E-state index contributed by atoms with van der Waals surface area (Å²) < 4.78 is 28.0. The van der Waals surface area contributed by atoms with Gasteiger partial charge in [-0.2, -0.15) is 0 Å². The number of carboxylic acids is 1. The van der Waals surface area contributed by atoms with Crippen LogP contribution in [0.25, 0.3) is 10.9 Å². The van der Waals surface area contributed by atoms with E-state index in [9.17, 15) is 18.3 Å². The highest BCUT2D eigenvalue weighted by Gasteiger charge is 2.22. The molecule has 0 bridgehead atoms. The van der Waals surface area contributed by atoms with E-state index in [0.717, 1.165) is 39.1 Å². The maximum atomic E-state index is 12.8. The first-order valence-corrected chi connectivity index (χ1v) is 12.6. The summed E-state index contributed by atoms with van der Waals surface area (Å²) in [6.07, 6.45) is 1.10. The van der Waals surface area contributed by atoms with Crippen molar-refractivity contribution in [2.45, 2.75) is 18.2 Å². The molecule has 0 saturated carbocycles. The maximum Gasteiger partial charge on any atom is 0.336 e. The second-order valence-corrected chi connectivity index (χ2v) is 9.99. The second-order valence-electron chi connectivity index (χ2n) is 7.93. The van der Waals surface area contributed by atoms with Gasteiger partial charge in [0, 0.05) is 37.3 Å². The van der Waals surface area contributed by atoms with Crippen LogP contribution in [-0.2, 0) is 10.0 Å². The van der Waals surface area contributed by atoms with E-state index >= 15 is 0 Å². The van der Waals surface area contributed by atoms with Crippen molar-refractivity contribution >= 4 is 50.0 Å². The van der Waals surface area contributed by atoms with Gasteiger partial charge in [0.15, 0.2) is 0 Å². The zero-order valence-electron chi connectivity index (χ0n) is 18.2. The van der Waals surface area contributed by atoms with Crippen molar-refractivity contribution in [3.05, 3.63) is 59.1 Å². The fraction of sp³-hybridized carbons (Fsp3) is 0.304. The van der Waals surface area contributed by atoms with Crippen LogP contribution in [0.2, 0.25) is 5.02 Å². The number of carbonyl (C=O) groups is 1. The Hall–Kier alpha value is -2.88. The van der Waals surface area contributed by atoms with Gasteiger partial charge in [0.25, 0.3) is 10.0 Å². The summed E-state index contributed by atoms with van der Waals surface area (Å²) in [5.74, 6) is -0.486. The van der Waals surface area contributed by atoms with Gasteiger partial charge in [-0.3, -0.25) is 9.62 Å². The number of anilines is 2. The van der Waals surface area contributed by atoms with Gasteiger partial charge in [0.2, 0.25) is 0 Å². The first kappa shape index (κ1) is 23.3. The summed E-state index contributed by atoms with van der Waals surface area (Å²) in [5, 5.41) is 10.3. The molecule has 0 amide bonds. The molecule has 1 saturated heterocycles. The van der Waals surface area contributed by atoms with Gasteiger partial charge in [0.05, 0.1) is 16.1 Å². The van der Waals surface area contributed by atoms with Crippen LogP contribution in [0.5, 0.6) is 0 Å². The van der Waals surface area contributed by atoms with Crippen molar-refractivity contribution in [3.8, 4) is 0 Å². The van der Waals surface area contributed by atoms with Crippen LogP contribution in [0.3, 0.4) is 0 Å². The number of nitrogens with one attached hydrogen (secondary N) is 1. The molecular formula is C23H25ClN4O4S. The predicted molar refractivity (Wildman–Crippen MR) is 130 cm³/mol. The number of aromatic carboxylic acids is 1. The first-order chi connectivity index (χ1) is 15.8. The number of pyridine rings is 1. The number of halogens is 1. The molecule has 2 heterocycles. The Morgan fingerprint density at radius 3 is 2.52 bits per heavy atom. The molecule has 33 heavy (non-hydrogen) atoms. The molecule has 2 N–H and O–H groups in total. The lowest BCUT2D eigenvalue weighted by Crippen LogP contribution is -2.46. The largest absolute Gasteiger partial charge is 0.478 e. The minimum atomic E-state index is -3.94. The van der Waals surface area contributed by atoms with Crippen LogP contribution in [0, 0.1) is 0 Å². The Labute approximate surface area is 197 Å². The number of fused-ring (bicyclic) bond motifs is 1. The first-order valence-electron chi connectivity index (χ1n) is 10.7. The second kappa shape index (κ2) is 9.54. The lowest BCUT2D eigenvalue weighted by Gasteiger charge is -2.35. The van der Waals surface area contributed by atoms with Crippen molar-refractivity contribution in [1.29, 1.82) is 0 Å². The quantitative estimate of drug-likeness (QED) is 0.519. The summed E-state index contributed by atoms with van der Waals surface area (Å²) in [7, 11) is -3.94. The lowest BCUT2D eigenvalue weighted by molar-refractivity contribution is 0.0699. The average Bonchev–Trinajstić information content (AvgIpc) is 2.79. The summed E-state index contributed by atoms with van der Waals surface area (Å²) in [6.45, 7) is 6.55. The van der Waals surface area contributed by atoms with Crippen molar-refractivity contribution in [2.24, 2.45) is 0 Å². The van der Waals surface area contributed by atoms with Crippen molar-refractivity contribution in [3.63, 3.8) is 0 Å². The molecule has 1 aliphatic rings.